The Labute approximate surface area is 398 Å². The molecule has 0 radical (unpaired) electrons. The van der Waals surface area contributed by atoms with Gasteiger partial charge in [-0.25, -0.2) is 9.59 Å². The Morgan fingerprint density at radius 1 is 0.657 bits per heavy atom. The molecule has 16 nitrogen and oxygen atoms in total. The van der Waals surface area contributed by atoms with E-state index in [0.29, 0.717) is 25.3 Å². The number of hydrogen-bond acceptors (Lipinski definition) is 12. The molecule has 3 fully saturated rings. The van der Waals surface area contributed by atoms with Crippen molar-refractivity contribution in [1.82, 2.24) is 31.0 Å². The number of carbonyl (C=O) groups is 3. The van der Waals surface area contributed by atoms with Gasteiger partial charge in [-0.15, -0.1) is 8.58 Å². The number of aliphatic hydroxyl groups excluding tert-OH is 2. The van der Waals surface area contributed by atoms with Gasteiger partial charge in [0.15, 0.2) is 0 Å². The van der Waals surface area contributed by atoms with E-state index in [9.17, 15) is 19.5 Å². The minimum atomic E-state index is -0.446. The Bertz CT molecular complexity index is 1960. The molecular weight excluding hydrogens is 870 g/mol. The molecule has 12 N–H and O–H groups in total. The first-order valence-corrected chi connectivity index (χ1v) is 26.1. The molecule has 7 unspecified atom stereocenters. The summed E-state index contributed by atoms with van der Waals surface area (Å²) in [4.78, 5) is 34.4. The van der Waals surface area contributed by atoms with Crippen LogP contribution < -0.4 is 27.8 Å². The van der Waals surface area contributed by atoms with Gasteiger partial charge in [-0.05, 0) is 126 Å². The van der Waals surface area contributed by atoms with Crippen LogP contribution in [0.4, 0.5) is 9.59 Å². The molecule has 370 valence electrons. The number of aromatic nitrogens is 4. The summed E-state index contributed by atoms with van der Waals surface area (Å²) in [6, 6.07) is 19.9. The van der Waals surface area contributed by atoms with Crippen molar-refractivity contribution in [3.8, 4) is 0 Å². The number of benzene rings is 2. The molecule has 5 aliphatic rings. The number of ketones is 1. The van der Waals surface area contributed by atoms with Gasteiger partial charge in [-0.3, -0.25) is 15.0 Å². The number of nitrogens with two attached hydrogens (primary N) is 3. The van der Waals surface area contributed by atoms with Crippen molar-refractivity contribution in [2.24, 2.45) is 17.2 Å². The molecule has 9 rings (SSSR count). The summed E-state index contributed by atoms with van der Waals surface area (Å²) in [7, 11) is 1.08. The number of carbonyl (C=O) groups excluding carboxylic acids is 3. The van der Waals surface area contributed by atoms with Crippen molar-refractivity contribution in [2.45, 2.75) is 171 Å². The summed E-state index contributed by atoms with van der Waals surface area (Å²) in [6.07, 6.45) is 19.1. The third-order valence-corrected chi connectivity index (χ3v) is 12.0. The molecule has 2 aromatic carbocycles. The molecule has 0 saturated heterocycles. The largest absolute Gasteiger partial charge is 0.445 e. The minimum Gasteiger partial charge on any atom is -0.445 e. The van der Waals surface area contributed by atoms with E-state index in [4.69, 9.17) is 31.8 Å². The molecule has 2 aromatic heterocycles. The highest BCUT2D eigenvalue weighted by Gasteiger charge is 2.23. The van der Waals surface area contributed by atoms with Gasteiger partial charge in [-0.2, -0.15) is 10.2 Å². The molecule has 3 saturated carbocycles. The molecule has 5 aliphatic carbocycles. The number of amides is 2. The lowest BCUT2D eigenvalue weighted by Gasteiger charge is -2.26. The highest BCUT2D eigenvalue weighted by atomic mass is 31.1. The molecule has 67 heavy (non-hydrogen) atoms. The van der Waals surface area contributed by atoms with Gasteiger partial charge in [0.05, 0.1) is 24.6 Å². The van der Waals surface area contributed by atoms with Crippen molar-refractivity contribution in [2.75, 3.05) is 13.3 Å². The van der Waals surface area contributed by atoms with Crippen LogP contribution in [0, 0.1) is 0 Å². The third kappa shape index (κ3) is 22.3. The van der Waals surface area contributed by atoms with E-state index in [-0.39, 0.29) is 55.4 Å². The van der Waals surface area contributed by atoms with E-state index >= 15 is 0 Å². The summed E-state index contributed by atoms with van der Waals surface area (Å²) in [5.74, 6) is 0.217. The standard InChI is InChI=1S/C14H19NO3.C14H17NO3.2C7H11N3.C6H13NO.C2H7P/c2*16-13-8-4-7-12(9-13)15-14(17)18-10-11-5-2-1-3-6-11;8-6-2-1-5-4-9-10-7(5)3-6;8-6-2-1-3-7-5(6)4-9-10-7;7-5-2-1-3-6(8)4-5;1-3-2/h1-3,5-6,12-13,16H,4,7-10H2,(H,15,17);1-3,5-6,12H,4,7-10H2,(H,15,17);2*4,6H,1-3,8H2,(H,9,10);5-6,8H,1-4,7H2;3H,1-2H3. The number of H-pyrrole nitrogens is 2. The number of rotatable bonds is 6. The predicted molar refractivity (Wildman–Crippen MR) is 265 cm³/mol. The van der Waals surface area contributed by atoms with Crippen LogP contribution in [0.5, 0.6) is 0 Å². The summed E-state index contributed by atoms with van der Waals surface area (Å²) in [5.41, 5.74) is 24.1. The Balaban J connectivity index is 0.000000186. The fraction of sp³-hybridized carbons (Fsp3) is 0.580. The lowest BCUT2D eigenvalue weighted by Crippen LogP contribution is -2.39. The topological polar surface area (TPSA) is 270 Å². The number of aliphatic hydroxyl groups is 2. The highest BCUT2D eigenvalue weighted by molar-refractivity contribution is 7.35. The van der Waals surface area contributed by atoms with Crippen molar-refractivity contribution < 1.29 is 34.1 Å². The van der Waals surface area contributed by atoms with Crippen LogP contribution in [0.2, 0.25) is 0 Å². The molecule has 17 heteroatoms. The van der Waals surface area contributed by atoms with Crippen LogP contribution in [0.15, 0.2) is 73.1 Å². The van der Waals surface area contributed by atoms with Gasteiger partial charge in [0.2, 0.25) is 0 Å². The number of aryl methyl sites for hydroxylation is 2. The second-order valence-corrected chi connectivity index (χ2v) is 19.0. The first-order chi connectivity index (χ1) is 32.4. The molecule has 4 aromatic rings. The number of aromatic amines is 2. The monoisotopic (exact) mass is 948 g/mol. The zero-order valence-electron chi connectivity index (χ0n) is 39.7. The number of nitrogens with one attached hydrogen (secondary N) is 4. The van der Waals surface area contributed by atoms with Gasteiger partial charge < -0.3 is 47.5 Å². The minimum absolute atomic E-state index is 0.0389. The molecule has 0 aliphatic heterocycles. The number of Topliss-reactive ketones (excluding diaryl/α,β-unsaturated/α-hetero) is 1. The Morgan fingerprint density at radius 2 is 1.21 bits per heavy atom. The molecular formula is C50H78N9O7P. The van der Waals surface area contributed by atoms with E-state index in [1.165, 1.54) is 28.9 Å². The number of fused-ring (bicyclic) bond motifs is 2. The Hall–Kier alpha value is -4.70. The number of nitrogens with zero attached hydrogens (tertiary/aromatic N) is 2. The Morgan fingerprint density at radius 3 is 1.78 bits per heavy atom. The zero-order chi connectivity index (χ0) is 48.2. The van der Waals surface area contributed by atoms with Crippen molar-refractivity contribution in [3.05, 3.63) is 107 Å². The van der Waals surface area contributed by atoms with Crippen LogP contribution in [0.1, 0.15) is 136 Å². The number of ether oxygens (including phenoxy) is 2. The molecule has 0 bridgehead atoms. The number of hydrogen-bond donors (Lipinski definition) is 9. The van der Waals surface area contributed by atoms with Gasteiger partial charge >= 0.3 is 12.2 Å². The Kier molecular flexibility index (Phi) is 25.7. The van der Waals surface area contributed by atoms with Crippen LogP contribution in [-0.2, 0) is 46.7 Å². The average molecular weight is 948 g/mol. The second kappa shape index (κ2) is 31.4. The highest BCUT2D eigenvalue weighted by Crippen LogP contribution is 2.25. The smallest absolute Gasteiger partial charge is 0.407 e. The number of alkyl carbamates (subject to hydrolysis) is 2. The lowest BCUT2D eigenvalue weighted by molar-refractivity contribution is -0.120. The van der Waals surface area contributed by atoms with Gasteiger partial charge in [0.25, 0.3) is 0 Å². The SMILES string of the molecule is CPC.NC1CCCC(O)C1.NC1CCCc2[nH]ncc21.NC1CCc2cn[nH]c2C1.O=C(NC1CCCC(O)C1)OCc1ccccc1.O=C1CCCC(NC(=O)OCc2ccccc2)C1. The first kappa shape index (κ1) is 54.9. The lowest BCUT2D eigenvalue weighted by atomic mass is 9.93. The van der Waals surface area contributed by atoms with Gasteiger partial charge in [-0.1, -0.05) is 60.7 Å². The third-order valence-electron chi connectivity index (χ3n) is 12.0. The van der Waals surface area contributed by atoms with E-state index in [2.05, 4.69) is 44.4 Å². The second-order valence-electron chi connectivity index (χ2n) is 18.0. The fourth-order valence-electron chi connectivity index (χ4n) is 8.44. The van der Waals surface area contributed by atoms with Crippen molar-refractivity contribution in [1.29, 1.82) is 0 Å². The summed E-state index contributed by atoms with van der Waals surface area (Å²) in [6.45, 7) is 4.84. The van der Waals surface area contributed by atoms with E-state index in [1.807, 2.05) is 73.1 Å². The summed E-state index contributed by atoms with van der Waals surface area (Å²) in [5, 5.41) is 37.9. The molecule has 2 heterocycles. The average Bonchev–Trinajstić information content (AvgIpc) is 4.00. The summed E-state index contributed by atoms with van der Waals surface area (Å²) < 4.78 is 10.2. The van der Waals surface area contributed by atoms with Crippen LogP contribution >= 0.6 is 8.58 Å². The van der Waals surface area contributed by atoms with Gasteiger partial charge in [0, 0.05) is 66.4 Å². The molecule has 2 amide bonds. The van der Waals surface area contributed by atoms with E-state index in [1.54, 1.807) is 0 Å². The molecule has 7 atom stereocenters. The fourth-order valence-corrected chi connectivity index (χ4v) is 8.44. The van der Waals surface area contributed by atoms with E-state index < -0.39 is 12.2 Å². The van der Waals surface area contributed by atoms with Crippen LogP contribution in [0.25, 0.3) is 0 Å². The maximum atomic E-state index is 11.6. The zero-order valence-corrected chi connectivity index (χ0v) is 40.7. The van der Waals surface area contributed by atoms with Crippen molar-refractivity contribution >= 4 is 26.6 Å². The quantitative estimate of drug-likeness (QED) is 0.0905. The van der Waals surface area contributed by atoms with Crippen LogP contribution in [-0.4, -0.2) is 98.3 Å². The normalized spacial score (nSPS) is 23.7. The first-order valence-electron chi connectivity index (χ1n) is 24.1. The maximum absolute atomic E-state index is 11.6. The maximum Gasteiger partial charge on any atom is 0.407 e. The van der Waals surface area contributed by atoms with E-state index in [0.717, 1.165) is 110 Å². The summed E-state index contributed by atoms with van der Waals surface area (Å²) >= 11 is 0. The molecule has 0 spiro atoms. The predicted octanol–water partition coefficient (Wildman–Crippen LogP) is 6.79. The van der Waals surface area contributed by atoms with Crippen LogP contribution in [0.3, 0.4) is 0 Å². The van der Waals surface area contributed by atoms with Crippen molar-refractivity contribution in [3.63, 3.8) is 0 Å². The van der Waals surface area contributed by atoms with Gasteiger partial charge in [0.1, 0.15) is 19.0 Å².